The number of hydrogen-bond donors (Lipinski definition) is 1. The molecule has 0 aliphatic carbocycles. The fourth-order valence-corrected chi connectivity index (χ4v) is 3.07. The van der Waals surface area contributed by atoms with Gasteiger partial charge in [-0.3, -0.25) is 4.90 Å². The highest BCUT2D eigenvalue weighted by molar-refractivity contribution is 9.10. The molecule has 0 amide bonds. The number of rotatable bonds is 4. The quantitative estimate of drug-likeness (QED) is 0.863. The van der Waals surface area contributed by atoms with Crippen molar-refractivity contribution in [1.29, 1.82) is 0 Å². The van der Waals surface area contributed by atoms with Crippen LogP contribution in [0.4, 0.5) is 0 Å². The molecule has 1 atom stereocenters. The van der Waals surface area contributed by atoms with E-state index in [0.29, 0.717) is 6.04 Å². The normalized spacial score (nSPS) is 19.6. The standard InChI is InChI=1S/C17H20BrN3/c18-17-7-6-15(11-20-17)12-21-9-8-19-16(13-21)10-14-4-2-1-3-5-14/h1-7,11,16,19H,8-10,12-13H2/t16-/m0/s1. The van der Waals surface area contributed by atoms with Gasteiger partial charge in [0, 0.05) is 38.4 Å². The molecule has 4 heteroatoms. The molecule has 0 saturated carbocycles. The van der Waals surface area contributed by atoms with E-state index >= 15 is 0 Å². The number of benzene rings is 1. The zero-order valence-electron chi connectivity index (χ0n) is 12.0. The molecule has 1 N–H and O–H groups in total. The Labute approximate surface area is 134 Å². The van der Waals surface area contributed by atoms with E-state index in [1.807, 2.05) is 12.3 Å². The van der Waals surface area contributed by atoms with Crippen molar-refractivity contribution in [2.45, 2.75) is 19.0 Å². The van der Waals surface area contributed by atoms with Crippen LogP contribution >= 0.6 is 15.9 Å². The van der Waals surface area contributed by atoms with Crippen LogP contribution < -0.4 is 5.32 Å². The largest absolute Gasteiger partial charge is 0.311 e. The van der Waals surface area contributed by atoms with Gasteiger partial charge in [-0.05, 0) is 39.5 Å². The molecule has 2 aromatic rings. The van der Waals surface area contributed by atoms with E-state index in [9.17, 15) is 0 Å². The summed E-state index contributed by atoms with van der Waals surface area (Å²) in [5.74, 6) is 0. The summed E-state index contributed by atoms with van der Waals surface area (Å²) >= 11 is 3.38. The van der Waals surface area contributed by atoms with Gasteiger partial charge < -0.3 is 5.32 Å². The van der Waals surface area contributed by atoms with Crippen molar-refractivity contribution in [1.82, 2.24) is 15.2 Å². The number of aromatic nitrogens is 1. The average molecular weight is 346 g/mol. The highest BCUT2D eigenvalue weighted by Gasteiger charge is 2.19. The van der Waals surface area contributed by atoms with Gasteiger partial charge in [0.15, 0.2) is 0 Å². The van der Waals surface area contributed by atoms with Crippen molar-refractivity contribution >= 4 is 15.9 Å². The molecule has 3 rings (SSSR count). The third kappa shape index (κ3) is 4.37. The van der Waals surface area contributed by atoms with Crippen LogP contribution in [0.1, 0.15) is 11.1 Å². The predicted molar refractivity (Wildman–Crippen MR) is 89.2 cm³/mol. The summed E-state index contributed by atoms with van der Waals surface area (Å²) in [4.78, 5) is 6.81. The number of nitrogens with zero attached hydrogens (tertiary/aromatic N) is 2. The van der Waals surface area contributed by atoms with Crippen LogP contribution in [0.15, 0.2) is 53.3 Å². The number of pyridine rings is 1. The molecule has 1 aliphatic heterocycles. The lowest BCUT2D eigenvalue weighted by Gasteiger charge is -2.33. The van der Waals surface area contributed by atoms with Crippen molar-refractivity contribution in [3.63, 3.8) is 0 Å². The van der Waals surface area contributed by atoms with Crippen LogP contribution in [-0.2, 0) is 13.0 Å². The van der Waals surface area contributed by atoms with E-state index in [2.05, 4.69) is 67.5 Å². The van der Waals surface area contributed by atoms with Gasteiger partial charge in [-0.25, -0.2) is 4.98 Å². The predicted octanol–water partition coefficient (Wildman–Crippen LogP) is 2.86. The van der Waals surface area contributed by atoms with Crippen LogP contribution in [-0.4, -0.2) is 35.6 Å². The van der Waals surface area contributed by atoms with Crippen molar-refractivity contribution in [2.24, 2.45) is 0 Å². The van der Waals surface area contributed by atoms with Gasteiger partial charge in [0.05, 0.1) is 0 Å². The maximum atomic E-state index is 4.31. The first-order valence-corrected chi connectivity index (χ1v) is 8.19. The van der Waals surface area contributed by atoms with E-state index in [-0.39, 0.29) is 0 Å². The number of piperazine rings is 1. The molecule has 2 heterocycles. The van der Waals surface area contributed by atoms with E-state index in [1.54, 1.807) is 0 Å². The third-order valence-electron chi connectivity index (χ3n) is 3.86. The van der Waals surface area contributed by atoms with E-state index in [0.717, 1.165) is 37.2 Å². The molecular formula is C17H20BrN3. The number of hydrogen-bond acceptors (Lipinski definition) is 3. The van der Waals surface area contributed by atoms with Crippen LogP contribution in [0.5, 0.6) is 0 Å². The summed E-state index contributed by atoms with van der Waals surface area (Å²) < 4.78 is 0.897. The molecule has 1 fully saturated rings. The Kier molecular flexibility index (Phi) is 5.01. The average Bonchev–Trinajstić information content (AvgIpc) is 2.51. The highest BCUT2D eigenvalue weighted by atomic mass is 79.9. The first kappa shape index (κ1) is 14.7. The number of nitrogens with one attached hydrogen (secondary N) is 1. The van der Waals surface area contributed by atoms with Gasteiger partial charge in [-0.2, -0.15) is 0 Å². The molecule has 1 aliphatic rings. The molecular weight excluding hydrogens is 326 g/mol. The molecule has 21 heavy (non-hydrogen) atoms. The monoisotopic (exact) mass is 345 g/mol. The molecule has 0 bridgehead atoms. The molecule has 0 unspecified atom stereocenters. The third-order valence-corrected chi connectivity index (χ3v) is 4.33. The molecule has 110 valence electrons. The maximum Gasteiger partial charge on any atom is 0.106 e. The van der Waals surface area contributed by atoms with Crippen molar-refractivity contribution in [2.75, 3.05) is 19.6 Å². The molecule has 3 nitrogen and oxygen atoms in total. The first-order chi connectivity index (χ1) is 10.3. The van der Waals surface area contributed by atoms with Crippen LogP contribution in [0.25, 0.3) is 0 Å². The highest BCUT2D eigenvalue weighted by Crippen LogP contribution is 2.12. The Balaban J connectivity index is 1.57. The Morgan fingerprint density at radius 2 is 2.00 bits per heavy atom. The van der Waals surface area contributed by atoms with Gasteiger partial charge in [0.25, 0.3) is 0 Å². The van der Waals surface area contributed by atoms with E-state index in [4.69, 9.17) is 0 Å². The number of halogens is 1. The summed E-state index contributed by atoms with van der Waals surface area (Å²) in [5, 5.41) is 3.63. The SMILES string of the molecule is Brc1ccc(CN2CCN[C@@H](Cc3ccccc3)C2)cn1. The fraction of sp³-hybridized carbons (Fsp3) is 0.353. The molecule has 1 aromatic heterocycles. The fourth-order valence-electron chi connectivity index (χ4n) is 2.83. The zero-order valence-corrected chi connectivity index (χ0v) is 13.6. The summed E-state index contributed by atoms with van der Waals surface area (Å²) in [7, 11) is 0. The Hall–Kier alpha value is -1.23. The minimum atomic E-state index is 0.532. The van der Waals surface area contributed by atoms with Crippen LogP contribution in [0.2, 0.25) is 0 Å². The second-order valence-corrected chi connectivity index (χ2v) is 6.38. The van der Waals surface area contributed by atoms with E-state index in [1.165, 1.54) is 11.1 Å². The minimum Gasteiger partial charge on any atom is -0.311 e. The van der Waals surface area contributed by atoms with Gasteiger partial charge in [0.1, 0.15) is 4.60 Å². The van der Waals surface area contributed by atoms with Gasteiger partial charge in [-0.15, -0.1) is 0 Å². The topological polar surface area (TPSA) is 28.2 Å². The lowest BCUT2D eigenvalue weighted by atomic mass is 10.0. The summed E-state index contributed by atoms with van der Waals surface area (Å²) in [5.41, 5.74) is 2.68. The summed E-state index contributed by atoms with van der Waals surface area (Å²) in [6.07, 6.45) is 3.05. The second-order valence-electron chi connectivity index (χ2n) is 5.57. The van der Waals surface area contributed by atoms with Crippen molar-refractivity contribution in [3.05, 3.63) is 64.4 Å². The molecule has 0 spiro atoms. The Morgan fingerprint density at radius 3 is 2.76 bits per heavy atom. The van der Waals surface area contributed by atoms with E-state index < -0.39 is 0 Å². The van der Waals surface area contributed by atoms with Gasteiger partial charge >= 0.3 is 0 Å². The smallest absolute Gasteiger partial charge is 0.106 e. The van der Waals surface area contributed by atoms with Crippen molar-refractivity contribution in [3.8, 4) is 0 Å². The Morgan fingerprint density at radius 1 is 1.14 bits per heavy atom. The Bertz CT molecular complexity index is 556. The molecule has 1 saturated heterocycles. The van der Waals surface area contributed by atoms with Crippen LogP contribution in [0, 0.1) is 0 Å². The van der Waals surface area contributed by atoms with Crippen molar-refractivity contribution < 1.29 is 0 Å². The minimum absolute atomic E-state index is 0.532. The van der Waals surface area contributed by atoms with Crippen LogP contribution in [0.3, 0.4) is 0 Å². The summed E-state index contributed by atoms with van der Waals surface area (Å²) in [6.45, 7) is 4.22. The lowest BCUT2D eigenvalue weighted by Crippen LogP contribution is -2.51. The molecule has 1 aromatic carbocycles. The van der Waals surface area contributed by atoms with Gasteiger partial charge in [-0.1, -0.05) is 36.4 Å². The zero-order chi connectivity index (χ0) is 14.5. The molecule has 0 radical (unpaired) electrons. The maximum absolute atomic E-state index is 4.31. The summed E-state index contributed by atoms with van der Waals surface area (Å²) in [6, 6.07) is 15.4. The van der Waals surface area contributed by atoms with Gasteiger partial charge in [0.2, 0.25) is 0 Å². The first-order valence-electron chi connectivity index (χ1n) is 7.40. The lowest BCUT2D eigenvalue weighted by molar-refractivity contribution is 0.191. The second kappa shape index (κ2) is 7.16.